The highest BCUT2D eigenvalue weighted by Gasteiger charge is 2.33. The smallest absolute Gasteiger partial charge is 0.319 e. The van der Waals surface area contributed by atoms with Gasteiger partial charge in [0.1, 0.15) is 0 Å². The maximum Gasteiger partial charge on any atom is 0.319 e. The zero-order valence-electron chi connectivity index (χ0n) is 11.6. The highest BCUT2D eigenvalue weighted by molar-refractivity contribution is 9.09. The summed E-state index contributed by atoms with van der Waals surface area (Å²) >= 11 is 3.41. The fourth-order valence-electron chi connectivity index (χ4n) is 2.30. The van der Waals surface area contributed by atoms with E-state index in [2.05, 4.69) is 31.0 Å². The lowest BCUT2D eigenvalue weighted by Gasteiger charge is -2.10. The van der Waals surface area contributed by atoms with Crippen molar-refractivity contribution in [3.63, 3.8) is 0 Å². The van der Waals surface area contributed by atoms with Crippen molar-refractivity contribution < 1.29 is 14.3 Å². The maximum atomic E-state index is 12.1. The average Bonchev–Trinajstić information content (AvgIpc) is 3.09. The molecule has 0 radical (unpaired) electrons. The van der Waals surface area contributed by atoms with Crippen LogP contribution in [0.3, 0.4) is 0 Å². The summed E-state index contributed by atoms with van der Waals surface area (Å²) in [5, 5.41) is 5.10. The molecule has 0 spiro atoms. The molecule has 21 heavy (non-hydrogen) atoms. The number of rotatable bonds is 4. The van der Waals surface area contributed by atoms with Gasteiger partial charge in [-0.25, -0.2) is 0 Å². The topological polar surface area (TPSA) is 81.9 Å². The summed E-state index contributed by atoms with van der Waals surface area (Å²) in [5.41, 5.74) is 0.467. The molecule has 0 aromatic carbocycles. The second-order valence-electron chi connectivity index (χ2n) is 4.69. The molecule has 0 N–H and O–H groups in total. The largest absolute Gasteiger partial charge is 0.491 e. The normalized spacial score (nSPS) is 18.5. The molecule has 1 aliphatic rings. The number of amides is 1. The predicted octanol–water partition coefficient (Wildman–Crippen LogP) is 0.889. The van der Waals surface area contributed by atoms with Crippen molar-refractivity contribution in [3.8, 4) is 11.8 Å². The average molecular weight is 356 g/mol. The number of hydrogen-bond acceptors (Lipinski definition) is 6. The molecule has 3 rings (SSSR count). The first-order valence-corrected chi connectivity index (χ1v) is 7.50. The zero-order valence-corrected chi connectivity index (χ0v) is 13.2. The monoisotopic (exact) mass is 355 g/mol. The second kappa shape index (κ2) is 5.47. The van der Waals surface area contributed by atoms with Gasteiger partial charge < -0.3 is 9.47 Å². The lowest BCUT2D eigenvalue weighted by Crippen LogP contribution is -2.25. The molecule has 1 aliphatic heterocycles. The summed E-state index contributed by atoms with van der Waals surface area (Å²) in [7, 11) is 3.02. The fraction of sp³-hybridized carbons (Fsp3) is 0.500. The second-order valence-corrected chi connectivity index (χ2v) is 5.34. The van der Waals surface area contributed by atoms with Crippen molar-refractivity contribution in [2.45, 2.75) is 6.42 Å². The number of carbonyl (C=O) groups excluding carboxylic acids is 1. The van der Waals surface area contributed by atoms with Gasteiger partial charge in [0.15, 0.2) is 5.75 Å². The van der Waals surface area contributed by atoms with Crippen LogP contribution in [0.25, 0.3) is 5.65 Å². The van der Waals surface area contributed by atoms with Gasteiger partial charge in [-0.2, -0.15) is 14.5 Å². The molecule has 0 bridgehead atoms. The van der Waals surface area contributed by atoms with E-state index in [1.54, 1.807) is 4.90 Å². The molecule has 0 saturated carbocycles. The Labute approximate surface area is 129 Å². The van der Waals surface area contributed by atoms with E-state index in [1.165, 1.54) is 24.9 Å². The van der Waals surface area contributed by atoms with Gasteiger partial charge in [0.25, 0.3) is 5.95 Å². The summed E-state index contributed by atoms with van der Waals surface area (Å²) < 4.78 is 11.8. The molecule has 112 valence electrons. The Balaban J connectivity index is 2.06. The Bertz CT molecular complexity index is 648. The molecule has 2 aromatic rings. The van der Waals surface area contributed by atoms with Crippen LogP contribution in [0.4, 0.5) is 5.95 Å². The first kappa shape index (κ1) is 14.1. The Morgan fingerprint density at radius 3 is 2.86 bits per heavy atom. The summed E-state index contributed by atoms with van der Waals surface area (Å²) in [6.45, 7) is 0.596. The lowest BCUT2D eigenvalue weighted by molar-refractivity contribution is -0.117. The van der Waals surface area contributed by atoms with E-state index >= 15 is 0 Å². The van der Waals surface area contributed by atoms with Gasteiger partial charge in [-0.15, -0.1) is 5.10 Å². The number of alkyl halides is 1. The van der Waals surface area contributed by atoms with E-state index in [1.807, 2.05) is 0 Å². The minimum absolute atomic E-state index is 0.0150. The van der Waals surface area contributed by atoms with E-state index in [-0.39, 0.29) is 17.8 Å². The Morgan fingerprint density at radius 1 is 1.43 bits per heavy atom. The van der Waals surface area contributed by atoms with Gasteiger partial charge in [-0.05, 0) is 5.92 Å². The number of fused-ring (bicyclic) bond motifs is 1. The van der Waals surface area contributed by atoms with E-state index in [4.69, 9.17) is 9.47 Å². The number of nitrogens with zero attached hydrogens (tertiary/aromatic N) is 5. The first-order chi connectivity index (χ1) is 10.2. The molecule has 1 saturated heterocycles. The number of methoxy groups -OCH3 is 2. The molecule has 1 atom stereocenters. The van der Waals surface area contributed by atoms with Crippen LogP contribution in [0.2, 0.25) is 0 Å². The zero-order chi connectivity index (χ0) is 15.0. The highest BCUT2D eigenvalue weighted by atomic mass is 79.9. The molecule has 1 fully saturated rings. The summed E-state index contributed by atoms with van der Waals surface area (Å²) in [6.07, 6.45) is 2.01. The van der Waals surface area contributed by atoms with Crippen LogP contribution in [0.15, 0.2) is 6.20 Å². The predicted molar refractivity (Wildman–Crippen MR) is 78.1 cm³/mol. The van der Waals surface area contributed by atoms with Crippen LogP contribution >= 0.6 is 15.9 Å². The molecule has 8 nitrogen and oxygen atoms in total. The summed E-state index contributed by atoms with van der Waals surface area (Å²) in [5.74, 6) is 1.10. The third-order valence-corrected chi connectivity index (χ3v) is 4.27. The number of hydrogen-bond donors (Lipinski definition) is 0. The van der Waals surface area contributed by atoms with Crippen molar-refractivity contribution in [3.05, 3.63) is 6.20 Å². The minimum atomic E-state index is 0.0150. The molecule has 0 aliphatic carbocycles. The minimum Gasteiger partial charge on any atom is -0.491 e. The number of ether oxygens (including phenoxy) is 2. The van der Waals surface area contributed by atoms with Crippen molar-refractivity contribution >= 4 is 33.4 Å². The fourth-order valence-corrected chi connectivity index (χ4v) is 2.73. The van der Waals surface area contributed by atoms with Crippen molar-refractivity contribution in [2.24, 2.45) is 5.92 Å². The molecule has 9 heteroatoms. The van der Waals surface area contributed by atoms with Crippen LogP contribution in [0.1, 0.15) is 6.42 Å². The van der Waals surface area contributed by atoms with Gasteiger partial charge in [-0.3, -0.25) is 9.69 Å². The Morgan fingerprint density at radius 2 is 2.24 bits per heavy atom. The van der Waals surface area contributed by atoms with Gasteiger partial charge in [0.2, 0.25) is 11.6 Å². The van der Waals surface area contributed by atoms with Crippen molar-refractivity contribution in [1.29, 1.82) is 0 Å². The van der Waals surface area contributed by atoms with E-state index in [0.717, 1.165) is 5.33 Å². The maximum absolute atomic E-state index is 12.1. The quantitative estimate of drug-likeness (QED) is 0.757. The van der Waals surface area contributed by atoms with Gasteiger partial charge in [0.05, 0.1) is 20.4 Å². The van der Waals surface area contributed by atoms with E-state index < -0.39 is 0 Å². The molecule has 1 unspecified atom stereocenters. The first-order valence-electron chi connectivity index (χ1n) is 6.38. The molecule has 3 heterocycles. The molecule has 2 aromatic heterocycles. The van der Waals surface area contributed by atoms with Crippen LogP contribution in [-0.2, 0) is 4.79 Å². The van der Waals surface area contributed by atoms with Gasteiger partial charge in [0, 0.05) is 18.3 Å². The van der Waals surface area contributed by atoms with Crippen molar-refractivity contribution in [1.82, 2.24) is 19.6 Å². The van der Waals surface area contributed by atoms with E-state index in [0.29, 0.717) is 30.3 Å². The molecule has 1 amide bonds. The summed E-state index contributed by atoms with van der Waals surface area (Å²) in [4.78, 5) is 22.1. The van der Waals surface area contributed by atoms with Crippen LogP contribution in [0, 0.1) is 5.92 Å². The Hall–Kier alpha value is -1.90. The van der Waals surface area contributed by atoms with Crippen LogP contribution in [-0.4, -0.2) is 51.6 Å². The molecular weight excluding hydrogens is 342 g/mol. The third-order valence-electron chi connectivity index (χ3n) is 3.36. The van der Waals surface area contributed by atoms with Crippen molar-refractivity contribution in [2.75, 3.05) is 31.0 Å². The van der Waals surface area contributed by atoms with Gasteiger partial charge in [-0.1, -0.05) is 15.9 Å². The Kier molecular flexibility index (Phi) is 3.66. The number of halogens is 1. The SMILES string of the molecule is COc1cnc(OC)n2nc(N3CC(CBr)CC3=O)nc12. The number of anilines is 1. The van der Waals surface area contributed by atoms with Crippen LogP contribution < -0.4 is 14.4 Å². The summed E-state index contributed by atoms with van der Waals surface area (Å²) in [6, 6.07) is 0.285. The third kappa shape index (κ3) is 2.31. The number of carbonyl (C=O) groups is 1. The van der Waals surface area contributed by atoms with Crippen LogP contribution in [0.5, 0.6) is 11.8 Å². The van der Waals surface area contributed by atoms with Gasteiger partial charge >= 0.3 is 6.01 Å². The standard InChI is InChI=1S/C12H14BrN5O3/c1-20-8-5-14-12(21-2)18-10(8)15-11(16-18)17-6-7(4-13)3-9(17)19/h5,7H,3-4,6H2,1-2H3. The number of aromatic nitrogens is 4. The highest BCUT2D eigenvalue weighted by Crippen LogP contribution is 2.27. The van der Waals surface area contributed by atoms with E-state index in [9.17, 15) is 4.79 Å². The lowest BCUT2D eigenvalue weighted by atomic mass is 10.2. The molecular formula is C12H14BrN5O3.